The molecule has 3 rings (SSSR count). The number of carbonyl (C=O) groups is 2. The summed E-state index contributed by atoms with van der Waals surface area (Å²) in [6, 6.07) is 10.7. The highest BCUT2D eigenvalue weighted by Crippen LogP contribution is 2.15. The normalized spacial score (nSPS) is 11.2. The molecule has 0 saturated heterocycles. The number of nitrogens with one attached hydrogen (secondary N) is 2. The summed E-state index contributed by atoms with van der Waals surface area (Å²) in [5.74, 6) is -3.06. The van der Waals surface area contributed by atoms with Crippen LogP contribution >= 0.6 is 0 Å². The largest absolute Gasteiger partial charge is 0.468 e. The molecular weight excluding hydrogens is 434 g/mol. The van der Waals surface area contributed by atoms with Crippen LogP contribution in [-0.2, 0) is 26.1 Å². The van der Waals surface area contributed by atoms with Crippen molar-refractivity contribution in [2.75, 3.05) is 11.9 Å². The zero-order valence-electron chi connectivity index (χ0n) is 15.8. The van der Waals surface area contributed by atoms with E-state index >= 15 is 0 Å². The molecule has 0 aliphatic heterocycles. The van der Waals surface area contributed by atoms with E-state index in [1.54, 1.807) is 12.1 Å². The van der Waals surface area contributed by atoms with Crippen LogP contribution in [0.1, 0.15) is 16.1 Å². The minimum absolute atomic E-state index is 0.00532. The summed E-state index contributed by atoms with van der Waals surface area (Å²) in [5.41, 5.74) is -0.259. The van der Waals surface area contributed by atoms with Gasteiger partial charge in [-0.3, -0.25) is 4.79 Å². The minimum atomic E-state index is -3.83. The lowest BCUT2D eigenvalue weighted by molar-refractivity contribution is -0.119. The number of benzene rings is 2. The van der Waals surface area contributed by atoms with E-state index in [0.717, 1.165) is 12.1 Å². The van der Waals surface area contributed by atoms with Crippen LogP contribution in [0.3, 0.4) is 0 Å². The van der Waals surface area contributed by atoms with Gasteiger partial charge in [0, 0.05) is 6.07 Å². The molecule has 0 aliphatic carbocycles. The summed E-state index contributed by atoms with van der Waals surface area (Å²) in [6.45, 7) is -0.761. The first kappa shape index (κ1) is 22.1. The third-order valence-electron chi connectivity index (χ3n) is 3.96. The maximum atomic E-state index is 13.5. The minimum Gasteiger partial charge on any atom is -0.468 e. The number of esters is 1. The Morgan fingerprint density at radius 3 is 2.42 bits per heavy atom. The van der Waals surface area contributed by atoms with Crippen molar-refractivity contribution in [2.45, 2.75) is 11.4 Å². The van der Waals surface area contributed by atoms with Gasteiger partial charge in [0.25, 0.3) is 5.91 Å². The molecule has 1 aromatic heterocycles. The summed E-state index contributed by atoms with van der Waals surface area (Å²) >= 11 is 0. The number of carbonyl (C=O) groups excluding carboxylic acids is 2. The van der Waals surface area contributed by atoms with Crippen molar-refractivity contribution in [1.82, 2.24) is 4.72 Å². The lowest BCUT2D eigenvalue weighted by Crippen LogP contribution is -2.23. The van der Waals surface area contributed by atoms with Crippen molar-refractivity contribution in [3.8, 4) is 0 Å². The molecule has 0 fully saturated rings. The summed E-state index contributed by atoms with van der Waals surface area (Å²) in [7, 11) is -3.83. The van der Waals surface area contributed by atoms with Gasteiger partial charge >= 0.3 is 5.97 Å². The Morgan fingerprint density at radius 1 is 1.03 bits per heavy atom. The Bertz CT molecular complexity index is 1180. The molecule has 8 nitrogen and oxygen atoms in total. The Balaban J connectivity index is 1.54. The van der Waals surface area contributed by atoms with E-state index in [0.29, 0.717) is 11.8 Å². The van der Waals surface area contributed by atoms with Gasteiger partial charge in [0.05, 0.1) is 29.0 Å². The SMILES string of the molecule is O=C(COC(=O)c1ccc(S(=O)(=O)NCc2ccco2)cc1)Nc1ccc(F)cc1F. The van der Waals surface area contributed by atoms with Gasteiger partial charge < -0.3 is 14.5 Å². The van der Waals surface area contributed by atoms with Gasteiger partial charge in [-0.15, -0.1) is 0 Å². The molecule has 0 spiro atoms. The van der Waals surface area contributed by atoms with Crippen molar-refractivity contribution >= 4 is 27.6 Å². The third kappa shape index (κ3) is 5.96. The molecule has 162 valence electrons. The maximum absolute atomic E-state index is 13.5. The molecule has 0 saturated carbocycles. The van der Waals surface area contributed by atoms with Crippen molar-refractivity contribution in [3.63, 3.8) is 0 Å². The molecule has 1 amide bonds. The van der Waals surface area contributed by atoms with Crippen molar-refractivity contribution in [2.24, 2.45) is 0 Å². The zero-order valence-corrected chi connectivity index (χ0v) is 16.6. The summed E-state index contributed by atoms with van der Waals surface area (Å²) in [4.78, 5) is 23.8. The number of hydrogen-bond acceptors (Lipinski definition) is 6. The standard InChI is InChI=1S/C20H16F2N2O6S/c21-14-5-8-18(17(22)10-14)24-19(25)12-30-20(26)13-3-6-16(7-4-13)31(27,28)23-11-15-2-1-9-29-15/h1-10,23H,11-12H2,(H,24,25). The van der Waals surface area contributed by atoms with Crippen LogP contribution in [0.5, 0.6) is 0 Å². The quantitative estimate of drug-likeness (QED) is 0.510. The van der Waals surface area contributed by atoms with Gasteiger partial charge in [-0.2, -0.15) is 0 Å². The predicted molar refractivity (Wildman–Crippen MR) is 104 cm³/mol. The first-order valence-corrected chi connectivity index (χ1v) is 10.3. The molecular formula is C20H16F2N2O6S. The van der Waals surface area contributed by atoms with E-state index in [1.807, 2.05) is 0 Å². The number of sulfonamides is 1. The molecule has 2 N–H and O–H groups in total. The molecule has 0 unspecified atom stereocenters. The van der Waals surface area contributed by atoms with E-state index < -0.39 is 40.1 Å². The van der Waals surface area contributed by atoms with Crippen molar-refractivity contribution in [3.05, 3.63) is 83.8 Å². The molecule has 1 heterocycles. The fourth-order valence-corrected chi connectivity index (χ4v) is 3.42. The van der Waals surface area contributed by atoms with Crippen LogP contribution in [0.4, 0.5) is 14.5 Å². The monoisotopic (exact) mass is 450 g/mol. The summed E-state index contributed by atoms with van der Waals surface area (Å²) in [6.07, 6.45) is 1.42. The van der Waals surface area contributed by atoms with E-state index in [4.69, 9.17) is 9.15 Å². The molecule has 11 heteroatoms. The average Bonchev–Trinajstić information content (AvgIpc) is 3.26. The van der Waals surface area contributed by atoms with Crippen molar-refractivity contribution < 1.29 is 35.9 Å². The smallest absolute Gasteiger partial charge is 0.338 e. The number of amides is 1. The van der Waals surface area contributed by atoms with Gasteiger partial charge in [0.1, 0.15) is 17.4 Å². The Kier molecular flexibility index (Phi) is 6.78. The number of furan rings is 1. The fourth-order valence-electron chi connectivity index (χ4n) is 2.42. The van der Waals surface area contributed by atoms with Gasteiger partial charge in [-0.25, -0.2) is 26.7 Å². The van der Waals surface area contributed by atoms with Crippen LogP contribution in [0.2, 0.25) is 0 Å². The maximum Gasteiger partial charge on any atom is 0.338 e. The predicted octanol–water partition coefficient (Wildman–Crippen LogP) is 2.83. The molecule has 0 radical (unpaired) electrons. The van der Waals surface area contributed by atoms with E-state index in [-0.39, 0.29) is 22.7 Å². The highest BCUT2D eigenvalue weighted by molar-refractivity contribution is 7.89. The summed E-state index contributed by atoms with van der Waals surface area (Å²) < 4.78 is 63.2. The molecule has 0 atom stereocenters. The van der Waals surface area contributed by atoms with Gasteiger partial charge in [0.2, 0.25) is 10.0 Å². The van der Waals surface area contributed by atoms with Crippen LogP contribution in [0.25, 0.3) is 0 Å². The van der Waals surface area contributed by atoms with E-state index in [1.165, 1.54) is 30.5 Å². The van der Waals surface area contributed by atoms with E-state index in [2.05, 4.69) is 10.0 Å². The Morgan fingerprint density at radius 2 is 1.77 bits per heavy atom. The second kappa shape index (κ2) is 9.49. The van der Waals surface area contributed by atoms with Crippen LogP contribution in [-0.4, -0.2) is 26.9 Å². The molecule has 0 aliphatic rings. The highest BCUT2D eigenvalue weighted by Gasteiger charge is 2.17. The Hall–Kier alpha value is -3.57. The third-order valence-corrected chi connectivity index (χ3v) is 5.37. The van der Waals surface area contributed by atoms with Gasteiger partial charge in [-0.1, -0.05) is 0 Å². The second-order valence-electron chi connectivity index (χ2n) is 6.18. The van der Waals surface area contributed by atoms with Crippen LogP contribution in [0.15, 0.2) is 70.2 Å². The highest BCUT2D eigenvalue weighted by atomic mass is 32.2. The number of anilines is 1. The molecule has 3 aromatic rings. The molecule has 0 bridgehead atoms. The number of ether oxygens (including phenoxy) is 1. The zero-order chi connectivity index (χ0) is 22.4. The lowest BCUT2D eigenvalue weighted by atomic mass is 10.2. The fraction of sp³-hybridized carbons (Fsp3) is 0.100. The molecule has 31 heavy (non-hydrogen) atoms. The van der Waals surface area contributed by atoms with Crippen LogP contribution in [0, 0.1) is 11.6 Å². The first-order valence-electron chi connectivity index (χ1n) is 8.79. The van der Waals surface area contributed by atoms with Gasteiger partial charge in [0.15, 0.2) is 6.61 Å². The topological polar surface area (TPSA) is 115 Å². The molecule has 2 aromatic carbocycles. The second-order valence-corrected chi connectivity index (χ2v) is 7.94. The number of rotatable bonds is 8. The van der Waals surface area contributed by atoms with Crippen molar-refractivity contribution in [1.29, 1.82) is 0 Å². The van der Waals surface area contributed by atoms with Crippen LogP contribution < -0.4 is 10.0 Å². The Labute approximate surface area is 175 Å². The van der Waals surface area contributed by atoms with Gasteiger partial charge in [-0.05, 0) is 48.5 Å². The first-order chi connectivity index (χ1) is 14.7. The number of halogens is 2. The average molecular weight is 450 g/mol. The number of hydrogen-bond donors (Lipinski definition) is 2. The lowest BCUT2D eigenvalue weighted by Gasteiger charge is -2.08. The van der Waals surface area contributed by atoms with E-state index in [9.17, 15) is 26.8 Å². The summed E-state index contributed by atoms with van der Waals surface area (Å²) in [5, 5.41) is 2.15.